The van der Waals surface area contributed by atoms with E-state index in [0.29, 0.717) is 0 Å². The second-order valence-electron chi connectivity index (χ2n) is 4.84. The predicted molar refractivity (Wildman–Crippen MR) is 77.7 cm³/mol. The average Bonchev–Trinajstić information content (AvgIpc) is 2.89. The van der Waals surface area contributed by atoms with Gasteiger partial charge in [-0.2, -0.15) is 0 Å². The van der Waals surface area contributed by atoms with Crippen molar-refractivity contribution in [2.24, 2.45) is 0 Å². The van der Waals surface area contributed by atoms with Crippen molar-refractivity contribution in [3.05, 3.63) is 29.8 Å². The lowest BCUT2D eigenvalue weighted by Gasteiger charge is -2.31. The fourth-order valence-electron chi connectivity index (χ4n) is 2.76. The summed E-state index contributed by atoms with van der Waals surface area (Å²) in [5.74, 6) is 6.57. The van der Waals surface area contributed by atoms with Crippen LogP contribution in [0.1, 0.15) is 31.4 Å². The van der Waals surface area contributed by atoms with Gasteiger partial charge in [0.2, 0.25) is 0 Å². The van der Waals surface area contributed by atoms with Crippen LogP contribution in [0, 0.1) is 24.7 Å². The van der Waals surface area contributed by atoms with Crippen LogP contribution in [0.25, 0.3) is 0 Å². The van der Waals surface area contributed by atoms with E-state index in [9.17, 15) is 0 Å². The van der Waals surface area contributed by atoms with Crippen LogP contribution in [0.4, 0.5) is 0 Å². The third-order valence-electron chi connectivity index (χ3n) is 3.86. The van der Waals surface area contributed by atoms with Crippen molar-refractivity contribution in [3.8, 4) is 30.4 Å². The lowest BCUT2D eigenvalue weighted by molar-refractivity contribution is 0.195. The van der Waals surface area contributed by atoms with Crippen molar-refractivity contribution in [2.45, 2.75) is 37.9 Å². The van der Waals surface area contributed by atoms with Crippen LogP contribution in [-0.2, 0) is 0 Å². The molecule has 1 aliphatic heterocycles. The average molecular weight is 253 g/mol. The number of rotatable bonds is 3. The van der Waals surface area contributed by atoms with Gasteiger partial charge in [-0.3, -0.25) is 4.90 Å². The Morgan fingerprint density at radius 1 is 1.16 bits per heavy atom. The second kappa shape index (κ2) is 5.83. The number of hydrogen-bond acceptors (Lipinski definition) is 2. The number of ether oxygens (including phenoxy) is 1. The molecule has 1 saturated heterocycles. The molecule has 98 valence electrons. The van der Waals surface area contributed by atoms with E-state index in [1.54, 1.807) is 7.11 Å². The zero-order valence-electron chi connectivity index (χ0n) is 11.5. The van der Waals surface area contributed by atoms with Gasteiger partial charge in [-0.1, -0.05) is 24.0 Å². The molecule has 3 atom stereocenters. The Labute approximate surface area is 115 Å². The van der Waals surface area contributed by atoms with Crippen LogP contribution in [-0.4, -0.2) is 24.1 Å². The summed E-state index contributed by atoms with van der Waals surface area (Å²) in [6.45, 7) is 2.15. The van der Waals surface area contributed by atoms with Crippen molar-refractivity contribution in [1.29, 1.82) is 0 Å². The lowest BCUT2D eigenvalue weighted by Crippen LogP contribution is -2.36. The molecule has 0 amide bonds. The highest BCUT2D eigenvalue weighted by Crippen LogP contribution is 2.33. The van der Waals surface area contributed by atoms with Gasteiger partial charge in [0.25, 0.3) is 0 Å². The largest absolute Gasteiger partial charge is 0.497 e. The third kappa shape index (κ3) is 2.60. The van der Waals surface area contributed by atoms with Crippen LogP contribution in [0.5, 0.6) is 5.75 Å². The normalized spacial score (nSPS) is 24.4. The maximum Gasteiger partial charge on any atom is 0.118 e. The number of hydrogen-bond donors (Lipinski definition) is 0. The monoisotopic (exact) mass is 253 g/mol. The Balaban J connectivity index is 2.23. The minimum absolute atomic E-state index is 0.137. The van der Waals surface area contributed by atoms with Crippen molar-refractivity contribution < 1.29 is 4.74 Å². The zero-order chi connectivity index (χ0) is 13.8. The molecular weight excluding hydrogens is 234 g/mol. The summed E-state index contributed by atoms with van der Waals surface area (Å²) >= 11 is 0. The Hall–Kier alpha value is -1.90. The molecule has 0 N–H and O–H groups in total. The van der Waals surface area contributed by atoms with Crippen molar-refractivity contribution in [1.82, 2.24) is 4.90 Å². The van der Waals surface area contributed by atoms with Crippen LogP contribution in [0.15, 0.2) is 24.3 Å². The van der Waals surface area contributed by atoms with Crippen molar-refractivity contribution >= 4 is 0 Å². The SMILES string of the molecule is C#C[C@@H]1CC[C@@H](C#C)N1[C@H](C)c1ccc(OC)cc1. The Bertz CT molecular complexity index is 484. The predicted octanol–water partition coefficient (Wildman–Crippen LogP) is 2.86. The van der Waals surface area contributed by atoms with E-state index in [1.807, 2.05) is 12.1 Å². The fourth-order valence-corrected chi connectivity index (χ4v) is 2.76. The molecule has 1 aromatic carbocycles. The number of benzene rings is 1. The zero-order valence-corrected chi connectivity index (χ0v) is 11.5. The minimum Gasteiger partial charge on any atom is -0.497 e. The molecule has 0 radical (unpaired) electrons. The molecule has 0 aliphatic carbocycles. The van der Waals surface area contributed by atoms with Gasteiger partial charge in [-0.25, -0.2) is 0 Å². The second-order valence-corrected chi connectivity index (χ2v) is 4.84. The summed E-state index contributed by atoms with van der Waals surface area (Å²) in [5, 5.41) is 0. The number of methoxy groups -OCH3 is 1. The molecule has 0 spiro atoms. The molecule has 2 nitrogen and oxygen atoms in total. The highest BCUT2D eigenvalue weighted by molar-refractivity contribution is 5.30. The lowest BCUT2D eigenvalue weighted by atomic mass is 10.0. The van der Waals surface area contributed by atoms with E-state index in [-0.39, 0.29) is 18.1 Å². The molecule has 0 unspecified atom stereocenters. The van der Waals surface area contributed by atoms with Gasteiger partial charge in [0.05, 0.1) is 19.2 Å². The van der Waals surface area contributed by atoms with Crippen LogP contribution in [0.2, 0.25) is 0 Å². The Morgan fingerprint density at radius 2 is 1.68 bits per heavy atom. The molecule has 1 aliphatic rings. The van der Waals surface area contributed by atoms with Gasteiger partial charge in [-0.15, -0.1) is 12.8 Å². The van der Waals surface area contributed by atoms with Crippen LogP contribution < -0.4 is 4.74 Å². The first kappa shape index (κ1) is 13.5. The van der Waals surface area contributed by atoms with Gasteiger partial charge in [0, 0.05) is 6.04 Å². The van der Waals surface area contributed by atoms with E-state index in [2.05, 4.69) is 35.8 Å². The van der Waals surface area contributed by atoms with Crippen LogP contribution >= 0.6 is 0 Å². The summed E-state index contributed by atoms with van der Waals surface area (Å²) < 4.78 is 5.18. The summed E-state index contributed by atoms with van der Waals surface area (Å²) in [7, 11) is 1.67. The first-order valence-corrected chi connectivity index (χ1v) is 6.55. The molecule has 0 saturated carbocycles. The standard InChI is InChI=1S/C17H19NO/c1-5-15-9-10-16(6-2)18(15)13(3)14-7-11-17(19-4)12-8-14/h1-2,7-8,11-13,15-16H,9-10H2,3-4H3/t13-,15-,16-/m1/s1. The molecule has 2 heteroatoms. The van der Waals surface area contributed by atoms with Crippen molar-refractivity contribution in [3.63, 3.8) is 0 Å². The van der Waals surface area contributed by atoms with E-state index < -0.39 is 0 Å². The summed E-state index contributed by atoms with van der Waals surface area (Å²) in [4.78, 5) is 2.27. The Kier molecular flexibility index (Phi) is 4.15. The van der Waals surface area contributed by atoms with Crippen molar-refractivity contribution in [2.75, 3.05) is 7.11 Å². The number of nitrogens with zero attached hydrogens (tertiary/aromatic N) is 1. The summed E-state index contributed by atoms with van der Waals surface area (Å²) in [5.41, 5.74) is 1.21. The van der Waals surface area contributed by atoms with E-state index in [4.69, 9.17) is 17.6 Å². The van der Waals surface area contributed by atoms with E-state index in [0.717, 1.165) is 18.6 Å². The molecule has 1 aromatic rings. The maximum absolute atomic E-state index is 5.62. The third-order valence-corrected chi connectivity index (χ3v) is 3.86. The van der Waals surface area contributed by atoms with E-state index in [1.165, 1.54) is 5.56 Å². The number of terminal acetylenes is 2. The highest BCUT2D eigenvalue weighted by atomic mass is 16.5. The maximum atomic E-state index is 5.62. The number of likely N-dealkylation sites (tertiary alicyclic amines) is 1. The molecule has 0 aromatic heterocycles. The van der Waals surface area contributed by atoms with Gasteiger partial charge < -0.3 is 4.74 Å². The van der Waals surface area contributed by atoms with Crippen LogP contribution in [0.3, 0.4) is 0 Å². The molecule has 2 rings (SSSR count). The summed E-state index contributed by atoms with van der Waals surface area (Å²) in [6, 6.07) is 8.58. The quantitative estimate of drug-likeness (QED) is 0.768. The van der Waals surface area contributed by atoms with Gasteiger partial charge >= 0.3 is 0 Å². The molecule has 19 heavy (non-hydrogen) atoms. The first-order valence-electron chi connectivity index (χ1n) is 6.55. The molecule has 1 fully saturated rings. The van der Waals surface area contributed by atoms with Gasteiger partial charge in [0.15, 0.2) is 0 Å². The molecular formula is C17H19NO. The van der Waals surface area contributed by atoms with Gasteiger partial charge in [0.1, 0.15) is 5.75 Å². The van der Waals surface area contributed by atoms with Gasteiger partial charge in [-0.05, 0) is 37.5 Å². The minimum atomic E-state index is 0.137. The highest BCUT2D eigenvalue weighted by Gasteiger charge is 2.34. The van der Waals surface area contributed by atoms with E-state index >= 15 is 0 Å². The fraction of sp³-hybridized carbons (Fsp3) is 0.412. The molecule has 1 heterocycles. The summed E-state index contributed by atoms with van der Waals surface area (Å²) in [6.07, 6.45) is 13.2. The first-order chi connectivity index (χ1) is 9.21. The Morgan fingerprint density at radius 3 is 2.11 bits per heavy atom. The smallest absolute Gasteiger partial charge is 0.118 e. The molecule has 0 bridgehead atoms. The topological polar surface area (TPSA) is 12.5 Å².